The van der Waals surface area contributed by atoms with Gasteiger partial charge in [0.05, 0.1) is 5.03 Å². The van der Waals surface area contributed by atoms with Gasteiger partial charge < -0.3 is 10.1 Å². The first kappa shape index (κ1) is 9.22. The van der Waals surface area contributed by atoms with E-state index in [0.29, 0.717) is 16.6 Å². The molecule has 1 N–H and O–H groups in total. The summed E-state index contributed by atoms with van der Waals surface area (Å²) in [6.07, 6.45) is -0.0976. The quantitative estimate of drug-likeness (QED) is 0.405. The molecular formula is C6H5Cl4NO. The average molecular weight is 249 g/mol. The SMILES string of the molecule is ClC1=C(Cl)NC2OC2C(Cl)(Cl)C1. The van der Waals surface area contributed by atoms with Crippen LogP contribution in [0.15, 0.2) is 10.2 Å². The molecule has 2 unspecified atom stereocenters. The first-order valence-electron chi connectivity index (χ1n) is 3.35. The van der Waals surface area contributed by atoms with Crippen molar-refractivity contribution in [2.45, 2.75) is 23.1 Å². The van der Waals surface area contributed by atoms with E-state index in [4.69, 9.17) is 51.1 Å². The van der Waals surface area contributed by atoms with Crippen molar-refractivity contribution in [3.05, 3.63) is 10.2 Å². The summed E-state index contributed by atoms with van der Waals surface area (Å²) in [5, 5.41) is 3.65. The Morgan fingerprint density at radius 1 is 1.42 bits per heavy atom. The van der Waals surface area contributed by atoms with Gasteiger partial charge in [-0.2, -0.15) is 0 Å². The van der Waals surface area contributed by atoms with Crippen molar-refractivity contribution >= 4 is 46.4 Å². The number of fused-ring (bicyclic) bond motifs is 1. The van der Waals surface area contributed by atoms with Gasteiger partial charge in [-0.25, -0.2) is 0 Å². The summed E-state index contributed by atoms with van der Waals surface area (Å²) < 4.78 is 4.17. The van der Waals surface area contributed by atoms with Crippen LogP contribution in [0.3, 0.4) is 0 Å². The highest BCUT2D eigenvalue weighted by Gasteiger charge is 2.55. The zero-order chi connectivity index (χ0) is 8.93. The second-order valence-electron chi connectivity index (χ2n) is 2.78. The van der Waals surface area contributed by atoms with E-state index in [1.54, 1.807) is 0 Å². The third-order valence-corrected chi connectivity index (χ3v) is 3.26. The second-order valence-corrected chi connectivity index (χ2v) is 5.15. The molecule has 1 saturated heterocycles. The predicted octanol–water partition coefficient (Wildman–Crippen LogP) is 2.53. The molecule has 2 heterocycles. The molecule has 0 aromatic carbocycles. The van der Waals surface area contributed by atoms with Gasteiger partial charge in [0.15, 0.2) is 10.6 Å². The van der Waals surface area contributed by atoms with Gasteiger partial charge in [-0.1, -0.05) is 46.4 Å². The lowest BCUT2D eigenvalue weighted by molar-refractivity contribution is 0.342. The smallest absolute Gasteiger partial charge is 0.158 e. The van der Waals surface area contributed by atoms with Crippen molar-refractivity contribution in [2.24, 2.45) is 0 Å². The van der Waals surface area contributed by atoms with Gasteiger partial charge in [0.2, 0.25) is 0 Å². The topological polar surface area (TPSA) is 24.6 Å². The summed E-state index contributed by atoms with van der Waals surface area (Å²) in [6.45, 7) is 0. The molecule has 1 fully saturated rings. The average Bonchev–Trinajstić information content (AvgIpc) is 2.65. The summed E-state index contributed by atoms with van der Waals surface area (Å²) in [6, 6.07) is 0. The molecule has 0 radical (unpaired) electrons. The van der Waals surface area contributed by atoms with Crippen molar-refractivity contribution in [1.82, 2.24) is 5.32 Å². The number of nitrogens with one attached hydrogen (secondary N) is 1. The molecule has 0 spiro atoms. The van der Waals surface area contributed by atoms with Crippen LogP contribution in [0.25, 0.3) is 0 Å². The van der Waals surface area contributed by atoms with Crippen molar-refractivity contribution in [1.29, 1.82) is 0 Å². The number of rotatable bonds is 0. The zero-order valence-corrected chi connectivity index (χ0v) is 8.81. The fourth-order valence-corrected chi connectivity index (χ4v) is 2.31. The first-order valence-corrected chi connectivity index (χ1v) is 4.86. The number of halogens is 4. The number of hydrogen-bond donors (Lipinski definition) is 1. The Morgan fingerprint density at radius 2 is 2.08 bits per heavy atom. The highest BCUT2D eigenvalue weighted by atomic mass is 35.5. The van der Waals surface area contributed by atoms with Crippen molar-refractivity contribution in [3.63, 3.8) is 0 Å². The maximum Gasteiger partial charge on any atom is 0.158 e. The molecule has 0 aromatic rings. The van der Waals surface area contributed by atoms with E-state index in [1.165, 1.54) is 0 Å². The minimum Gasteiger partial charge on any atom is -0.348 e. The van der Waals surface area contributed by atoms with Crippen LogP contribution in [0.2, 0.25) is 0 Å². The Kier molecular flexibility index (Phi) is 2.17. The van der Waals surface area contributed by atoms with Crippen molar-refractivity contribution < 1.29 is 4.74 Å². The fourth-order valence-electron chi connectivity index (χ4n) is 1.13. The first-order chi connectivity index (χ1) is 5.50. The molecule has 0 aromatic heterocycles. The Bertz CT molecular complexity index is 252. The van der Waals surface area contributed by atoms with E-state index in [0.717, 1.165) is 0 Å². The third kappa shape index (κ3) is 1.51. The second kappa shape index (κ2) is 2.82. The highest BCUT2D eigenvalue weighted by Crippen LogP contribution is 2.47. The largest absolute Gasteiger partial charge is 0.348 e. The predicted molar refractivity (Wildman–Crippen MR) is 49.6 cm³/mol. The van der Waals surface area contributed by atoms with E-state index < -0.39 is 4.33 Å². The van der Waals surface area contributed by atoms with Gasteiger partial charge in [0.25, 0.3) is 0 Å². The third-order valence-electron chi connectivity index (χ3n) is 1.81. The number of allylic oxidation sites excluding steroid dienone is 1. The Morgan fingerprint density at radius 3 is 2.75 bits per heavy atom. The van der Waals surface area contributed by atoms with Crippen molar-refractivity contribution in [3.8, 4) is 0 Å². The van der Waals surface area contributed by atoms with Gasteiger partial charge in [-0.3, -0.25) is 0 Å². The number of ether oxygens (including phenoxy) is 1. The van der Waals surface area contributed by atoms with Gasteiger partial charge >= 0.3 is 0 Å². The minimum absolute atomic E-state index is 0.191. The normalized spacial score (nSPS) is 38.3. The maximum atomic E-state index is 5.95. The number of hydrogen-bond acceptors (Lipinski definition) is 2. The van der Waals surface area contributed by atoms with E-state index in [2.05, 4.69) is 5.32 Å². The molecule has 0 saturated carbocycles. The van der Waals surface area contributed by atoms with Crippen LogP contribution in [-0.2, 0) is 4.74 Å². The maximum absolute atomic E-state index is 5.95. The molecule has 0 amide bonds. The van der Waals surface area contributed by atoms with E-state index in [-0.39, 0.29) is 12.3 Å². The molecular weight excluding hydrogens is 244 g/mol. The summed E-state index contributed by atoms with van der Waals surface area (Å²) in [5.74, 6) is 0. The fraction of sp³-hybridized carbons (Fsp3) is 0.667. The molecule has 2 aliphatic rings. The lowest BCUT2D eigenvalue weighted by Crippen LogP contribution is -2.24. The van der Waals surface area contributed by atoms with Crippen LogP contribution in [0.4, 0.5) is 0 Å². The van der Waals surface area contributed by atoms with E-state index in [1.807, 2.05) is 0 Å². The lowest BCUT2D eigenvalue weighted by Gasteiger charge is -2.14. The van der Waals surface area contributed by atoms with Crippen molar-refractivity contribution in [2.75, 3.05) is 0 Å². The van der Waals surface area contributed by atoms with Crippen LogP contribution in [0.5, 0.6) is 0 Å². The van der Waals surface area contributed by atoms with Gasteiger partial charge in [-0.05, 0) is 0 Å². The molecule has 0 bridgehead atoms. The van der Waals surface area contributed by atoms with Gasteiger partial charge in [0, 0.05) is 6.42 Å². The monoisotopic (exact) mass is 247 g/mol. The van der Waals surface area contributed by atoms with Gasteiger partial charge in [0.1, 0.15) is 11.3 Å². The molecule has 68 valence electrons. The Labute approximate surface area is 89.7 Å². The van der Waals surface area contributed by atoms with Crippen LogP contribution in [-0.4, -0.2) is 16.7 Å². The highest BCUT2D eigenvalue weighted by molar-refractivity contribution is 6.50. The summed E-state index contributed by atoms with van der Waals surface area (Å²) >= 11 is 23.5. The standard InChI is InChI=1S/C6H5Cl4NO/c7-2-1-6(9,10)3-5(12-3)11-4(2)8/h3,5,11H,1H2. The van der Waals surface area contributed by atoms with E-state index >= 15 is 0 Å². The molecule has 12 heavy (non-hydrogen) atoms. The minimum atomic E-state index is -0.967. The number of alkyl halides is 2. The van der Waals surface area contributed by atoms with Crippen LogP contribution < -0.4 is 5.32 Å². The van der Waals surface area contributed by atoms with Crippen LogP contribution in [0.1, 0.15) is 6.42 Å². The Hall–Kier alpha value is 0.660. The Balaban J connectivity index is 2.25. The molecule has 2 atom stereocenters. The van der Waals surface area contributed by atoms with E-state index in [9.17, 15) is 0 Å². The number of epoxide rings is 1. The molecule has 2 aliphatic heterocycles. The zero-order valence-electron chi connectivity index (χ0n) is 5.78. The lowest BCUT2D eigenvalue weighted by atomic mass is 10.2. The van der Waals surface area contributed by atoms with Crippen LogP contribution >= 0.6 is 46.4 Å². The summed E-state index contributed by atoms with van der Waals surface area (Å²) in [7, 11) is 0. The molecule has 2 rings (SSSR count). The summed E-state index contributed by atoms with van der Waals surface area (Å²) in [4.78, 5) is 0. The van der Waals surface area contributed by atoms with Gasteiger partial charge in [-0.15, -0.1) is 0 Å². The van der Waals surface area contributed by atoms with Crippen LogP contribution in [0, 0.1) is 0 Å². The molecule has 6 heteroatoms. The molecule has 0 aliphatic carbocycles. The summed E-state index contributed by atoms with van der Waals surface area (Å²) in [5.41, 5.74) is 0. The molecule has 2 nitrogen and oxygen atoms in total.